The van der Waals surface area contributed by atoms with Crippen molar-refractivity contribution in [3.8, 4) is 12.1 Å². The van der Waals surface area contributed by atoms with Crippen LogP contribution in [0.2, 0.25) is 0 Å². The lowest BCUT2D eigenvalue weighted by Gasteiger charge is -1.94. The van der Waals surface area contributed by atoms with Gasteiger partial charge in [0.05, 0.1) is 17.2 Å². The predicted octanol–water partition coefficient (Wildman–Crippen LogP) is 2.14. The molecule has 0 heterocycles. The smallest absolute Gasteiger partial charge is 0.103 e. The number of hydrogen-bond donors (Lipinski definition) is 0. The van der Waals surface area contributed by atoms with Gasteiger partial charge in [0.2, 0.25) is 0 Å². The van der Waals surface area contributed by atoms with Crippen LogP contribution in [0.15, 0.2) is 28.4 Å². The zero-order valence-corrected chi connectivity index (χ0v) is 7.02. The van der Waals surface area contributed by atoms with Crippen LogP contribution >= 0.6 is 0 Å². The van der Waals surface area contributed by atoms with Crippen LogP contribution in [0.1, 0.15) is 11.1 Å². The van der Waals surface area contributed by atoms with Gasteiger partial charge in [0.15, 0.2) is 0 Å². The standard InChI is InChI=1S/C9H6N4/c1-12-13-9-3-2-7(5-10)4-8(9)6-11/h2-4H,1H3. The van der Waals surface area contributed by atoms with Crippen LogP contribution in [-0.4, -0.2) is 7.05 Å². The molecule has 4 heteroatoms. The van der Waals surface area contributed by atoms with E-state index in [4.69, 9.17) is 10.5 Å². The van der Waals surface area contributed by atoms with Gasteiger partial charge in [-0.3, -0.25) is 0 Å². The van der Waals surface area contributed by atoms with Crippen LogP contribution in [0.25, 0.3) is 0 Å². The molecule has 0 fully saturated rings. The zero-order valence-electron chi connectivity index (χ0n) is 7.02. The van der Waals surface area contributed by atoms with E-state index in [-0.39, 0.29) is 0 Å². The molecule has 0 aliphatic carbocycles. The molecule has 0 saturated carbocycles. The fraction of sp³-hybridized carbons (Fsp3) is 0.111. The van der Waals surface area contributed by atoms with E-state index in [1.54, 1.807) is 12.1 Å². The Bertz CT molecular complexity index is 420. The van der Waals surface area contributed by atoms with Gasteiger partial charge in [-0.05, 0) is 18.2 Å². The topological polar surface area (TPSA) is 72.3 Å². The first kappa shape index (κ1) is 8.89. The Morgan fingerprint density at radius 3 is 2.54 bits per heavy atom. The van der Waals surface area contributed by atoms with Gasteiger partial charge < -0.3 is 0 Å². The van der Waals surface area contributed by atoms with E-state index in [0.29, 0.717) is 16.8 Å². The first-order valence-corrected chi connectivity index (χ1v) is 3.56. The number of benzene rings is 1. The third-order valence-electron chi connectivity index (χ3n) is 1.45. The lowest BCUT2D eigenvalue weighted by Crippen LogP contribution is -1.79. The predicted molar refractivity (Wildman–Crippen MR) is 46.3 cm³/mol. The van der Waals surface area contributed by atoms with Crippen LogP contribution in [0, 0.1) is 22.7 Å². The number of nitriles is 2. The molecule has 0 aromatic heterocycles. The molecule has 0 atom stereocenters. The van der Waals surface area contributed by atoms with E-state index in [9.17, 15) is 0 Å². The van der Waals surface area contributed by atoms with Crippen molar-refractivity contribution in [2.45, 2.75) is 0 Å². The van der Waals surface area contributed by atoms with Crippen molar-refractivity contribution in [2.75, 3.05) is 7.05 Å². The Kier molecular flexibility index (Phi) is 2.73. The molecule has 13 heavy (non-hydrogen) atoms. The van der Waals surface area contributed by atoms with Crippen molar-refractivity contribution in [3.05, 3.63) is 29.3 Å². The number of nitrogens with zero attached hydrogens (tertiary/aromatic N) is 4. The number of rotatable bonds is 1. The largest absolute Gasteiger partial charge is 0.192 e. The molecular weight excluding hydrogens is 164 g/mol. The van der Waals surface area contributed by atoms with E-state index < -0.39 is 0 Å². The fourth-order valence-electron chi connectivity index (χ4n) is 0.890. The molecule has 0 radical (unpaired) electrons. The molecule has 0 bridgehead atoms. The van der Waals surface area contributed by atoms with Gasteiger partial charge >= 0.3 is 0 Å². The van der Waals surface area contributed by atoms with Gasteiger partial charge in [-0.1, -0.05) is 0 Å². The molecule has 0 N–H and O–H groups in total. The maximum Gasteiger partial charge on any atom is 0.103 e. The van der Waals surface area contributed by atoms with E-state index in [2.05, 4.69) is 10.2 Å². The summed E-state index contributed by atoms with van der Waals surface area (Å²) in [6.45, 7) is 0. The maximum atomic E-state index is 8.70. The summed E-state index contributed by atoms with van der Waals surface area (Å²) < 4.78 is 0. The summed E-state index contributed by atoms with van der Waals surface area (Å²) in [4.78, 5) is 0. The molecule has 0 aliphatic heterocycles. The van der Waals surface area contributed by atoms with Gasteiger partial charge in [0, 0.05) is 7.05 Å². The zero-order chi connectivity index (χ0) is 9.68. The van der Waals surface area contributed by atoms with E-state index in [1.807, 2.05) is 12.1 Å². The monoisotopic (exact) mass is 170 g/mol. The minimum absolute atomic E-state index is 0.365. The Morgan fingerprint density at radius 1 is 1.23 bits per heavy atom. The highest BCUT2D eigenvalue weighted by Gasteiger charge is 2.01. The molecule has 0 unspecified atom stereocenters. The van der Waals surface area contributed by atoms with E-state index in [1.165, 1.54) is 13.1 Å². The van der Waals surface area contributed by atoms with Crippen LogP contribution < -0.4 is 0 Å². The van der Waals surface area contributed by atoms with Crippen molar-refractivity contribution < 1.29 is 0 Å². The van der Waals surface area contributed by atoms with Gasteiger partial charge in [0.1, 0.15) is 11.8 Å². The van der Waals surface area contributed by atoms with Crippen molar-refractivity contribution >= 4 is 5.69 Å². The third-order valence-corrected chi connectivity index (χ3v) is 1.45. The molecule has 62 valence electrons. The van der Waals surface area contributed by atoms with Crippen molar-refractivity contribution in [3.63, 3.8) is 0 Å². The van der Waals surface area contributed by atoms with Crippen LogP contribution in [0.5, 0.6) is 0 Å². The second kappa shape index (κ2) is 3.99. The molecule has 1 aromatic rings. The molecule has 0 spiro atoms. The summed E-state index contributed by atoms with van der Waals surface area (Å²) >= 11 is 0. The molecule has 0 aliphatic rings. The Labute approximate surface area is 75.8 Å². The minimum atomic E-state index is 0.365. The van der Waals surface area contributed by atoms with Crippen molar-refractivity contribution in [1.29, 1.82) is 10.5 Å². The van der Waals surface area contributed by atoms with Crippen molar-refractivity contribution in [1.82, 2.24) is 0 Å². The van der Waals surface area contributed by atoms with E-state index >= 15 is 0 Å². The summed E-state index contributed by atoms with van der Waals surface area (Å²) in [5.41, 5.74) is 1.31. The highest BCUT2D eigenvalue weighted by atomic mass is 15.1. The highest BCUT2D eigenvalue weighted by Crippen LogP contribution is 2.19. The van der Waals surface area contributed by atoms with Crippen LogP contribution in [0.3, 0.4) is 0 Å². The fourth-order valence-corrected chi connectivity index (χ4v) is 0.890. The van der Waals surface area contributed by atoms with E-state index in [0.717, 1.165) is 0 Å². The lowest BCUT2D eigenvalue weighted by molar-refractivity contribution is 1.16. The summed E-state index contributed by atoms with van der Waals surface area (Å²) in [6, 6.07) is 8.59. The summed E-state index contributed by atoms with van der Waals surface area (Å²) in [5.74, 6) is 0. The normalized spacial score (nSPS) is 9.46. The maximum absolute atomic E-state index is 8.70. The highest BCUT2D eigenvalue weighted by molar-refractivity contribution is 5.56. The SMILES string of the molecule is CN=Nc1ccc(C#N)cc1C#N. The quantitative estimate of drug-likeness (QED) is 0.605. The van der Waals surface area contributed by atoms with Gasteiger partial charge in [0.25, 0.3) is 0 Å². The Hall–Kier alpha value is -2.20. The second-order valence-corrected chi connectivity index (χ2v) is 2.26. The first-order valence-electron chi connectivity index (χ1n) is 3.56. The Morgan fingerprint density at radius 2 is 2.00 bits per heavy atom. The van der Waals surface area contributed by atoms with Crippen molar-refractivity contribution in [2.24, 2.45) is 10.2 Å². The third kappa shape index (κ3) is 1.88. The molecule has 0 amide bonds. The van der Waals surface area contributed by atoms with Gasteiger partial charge in [-0.2, -0.15) is 20.8 Å². The minimum Gasteiger partial charge on any atom is -0.192 e. The number of azo groups is 1. The number of hydrogen-bond acceptors (Lipinski definition) is 4. The summed E-state index contributed by atoms with van der Waals surface area (Å²) in [7, 11) is 1.53. The van der Waals surface area contributed by atoms with Crippen LogP contribution in [0.4, 0.5) is 5.69 Å². The molecule has 1 rings (SSSR count). The lowest BCUT2D eigenvalue weighted by atomic mass is 10.1. The average molecular weight is 170 g/mol. The van der Waals surface area contributed by atoms with Crippen LogP contribution in [-0.2, 0) is 0 Å². The first-order chi connectivity index (χ1) is 6.31. The average Bonchev–Trinajstić information content (AvgIpc) is 2.19. The Balaban J connectivity index is 3.27. The summed E-state index contributed by atoms with van der Waals surface area (Å²) in [5, 5.41) is 24.6. The molecule has 4 nitrogen and oxygen atoms in total. The molecule has 0 saturated heterocycles. The molecular formula is C9H6N4. The molecule has 1 aromatic carbocycles. The van der Waals surface area contributed by atoms with Gasteiger partial charge in [-0.15, -0.1) is 0 Å². The van der Waals surface area contributed by atoms with Gasteiger partial charge in [-0.25, -0.2) is 0 Å². The second-order valence-electron chi connectivity index (χ2n) is 2.26. The summed E-state index contributed by atoms with van der Waals surface area (Å²) in [6.07, 6.45) is 0.